The standard InChI is InChI=1S/C50H36F6N2O4/c1-25-19-32(20-26(2)29(25)5)47(40-13-9-7-11-34(40)35-12-8-10-14-41(35)47)33-21-27(3)42(28(4)22-33)58-45(61)37-18-16-31(24-39(37)46(58)62)48(49(51,52)53,50(54,55)56)30-15-17-36-38(23-30)44(60)57(6)43(36)59/h7-24H,1-6H3. The Hall–Kier alpha value is -6.82. The van der Waals surface area contributed by atoms with Gasteiger partial charge in [0.1, 0.15) is 0 Å². The predicted molar refractivity (Wildman–Crippen MR) is 221 cm³/mol. The van der Waals surface area contributed by atoms with Gasteiger partial charge < -0.3 is 0 Å². The molecule has 2 heterocycles. The largest absolute Gasteiger partial charge is 0.411 e. The Morgan fingerprint density at radius 1 is 0.452 bits per heavy atom. The molecule has 0 saturated heterocycles. The number of benzene rings is 6. The van der Waals surface area contributed by atoms with Crippen molar-refractivity contribution in [2.75, 3.05) is 11.9 Å². The van der Waals surface area contributed by atoms with Crippen molar-refractivity contribution in [3.63, 3.8) is 0 Å². The number of aryl methyl sites for hydroxylation is 4. The Labute approximate surface area is 352 Å². The zero-order chi connectivity index (χ0) is 44.6. The molecule has 2 aliphatic heterocycles. The number of nitrogens with zero attached hydrogens (tertiary/aromatic N) is 2. The van der Waals surface area contributed by atoms with E-state index in [0.717, 1.165) is 74.2 Å². The van der Waals surface area contributed by atoms with Crippen molar-refractivity contribution in [2.24, 2.45) is 0 Å². The molecule has 0 saturated carbocycles. The number of carbonyl (C=O) groups excluding carboxylic acids is 4. The van der Waals surface area contributed by atoms with Gasteiger partial charge >= 0.3 is 12.4 Å². The summed E-state index contributed by atoms with van der Waals surface area (Å²) in [5, 5.41) is 0. The molecular formula is C50H36F6N2O4. The summed E-state index contributed by atoms with van der Waals surface area (Å²) in [4.78, 5) is 55.3. The van der Waals surface area contributed by atoms with E-state index in [1.807, 2.05) is 36.4 Å². The van der Waals surface area contributed by atoms with Crippen LogP contribution in [0.3, 0.4) is 0 Å². The van der Waals surface area contributed by atoms with Gasteiger partial charge in [0, 0.05) is 7.05 Å². The summed E-state index contributed by atoms with van der Waals surface area (Å²) in [6.45, 7) is 9.60. The molecule has 0 aromatic heterocycles. The molecule has 0 atom stereocenters. The molecule has 6 aromatic rings. The molecule has 6 nitrogen and oxygen atoms in total. The van der Waals surface area contributed by atoms with Crippen LogP contribution in [-0.2, 0) is 10.8 Å². The molecule has 62 heavy (non-hydrogen) atoms. The summed E-state index contributed by atoms with van der Waals surface area (Å²) >= 11 is 0. The SMILES string of the molecule is Cc1cc(C2(c3cc(C)c(N4C(=O)c5ccc(C(c6ccc7c(c6)C(=O)N(C)C7=O)(C(F)(F)F)C(F)(F)F)cc5C4=O)c(C)c3)c3ccccc3-c3ccccc32)cc(C)c1C. The smallest absolute Gasteiger partial charge is 0.277 e. The van der Waals surface area contributed by atoms with E-state index in [1.165, 1.54) is 0 Å². The van der Waals surface area contributed by atoms with Crippen LogP contribution in [0, 0.1) is 34.6 Å². The van der Waals surface area contributed by atoms with Gasteiger partial charge in [-0.25, -0.2) is 4.90 Å². The van der Waals surface area contributed by atoms with Crippen molar-refractivity contribution in [2.45, 2.75) is 57.8 Å². The van der Waals surface area contributed by atoms with E-state index in [1.54, 1.807) is 13.8 Å². The lowest BCUT2D eigenvalue weighted by atomic mass is 9.66. The van der Waals surface area contributed by atoms with Crippen LogP contribution in [0.2, 0.25) is 0 Å². The lowest BCUT2D eigenvalue weighted by molar-refractivity contribution is -0.288. The van der Waals surface area contributed by atoms with Crippen LogP contribution in [-0.4, -0.2) is 47.9 Å². The molecule has 9 rings (SSSR count). The number of hydrogen-bond acceptors (Lipinski definition) is 4. The first kappa shape index (κ1) is 40.6. The van der Waals surface area contributed by atoms with Gasteiger partial charge in [0.2, 0.25) is 5.41 Å². The highest BCUT2D eigenvalue weighted by Crippen LogP contribution is 2.59. The minimum absolute atomic E-state index is 0.149. The first-order valence-electron chi connectivity index (χ1n) is 19.7. The maximum atomic E-state index is 15.3. The zero-order valence-electron chi connectivity index (χ0n) is 34.2. The summed E-state index contributed by atoms with van der Waals surface area (Å²) < 4.78 is 92.1. The number of rotatable bonds is 5. The summed E-state index contributed by atoms with van der Waals surface area (Å²) in [5.74, 6) is -3.96. The molecule has 0 radical (unpaired) electrons. The van der Waals surface area contributed by atoms with Gasteiger partial charge in [-0.15, -0.1) is 0 Å². The van der Waals surface area contributed by atoms with Gasteiger partial charge in [0.05, 0.1) is 33.4 Å². The van der Waals surface area contributed by atoms with Gasteiger partial charge in [-0.1, -0.05) is 84.9 Å². The van der Waals surface area contributed by atoms with Crippen LogP contribution in [0.15, 0.2) is 109 Å². The molecule has 6 aromatic carbocycles. The quantitative estimate of drug-likeness (QED) is 0.128. The number of imide groups is 2. The minimum Gasteiger partial charge on any atom is -0.277 e. The van der Waals surface area contributed by atoms with Crippen LogP contribution >= 0.6 is 0 Å². The maximum Gasteiger partial charge on any atom is 0.411 e. The van der Waals surface area contributed by atoms with Crippen LogP contribution in [0.5, 0.6) is 0 Å². The lowest BCUT2D eigenvalue weighted by Crippen LogP contribution is -2.55. The Morgan fingerprint density at radius 2 is 0.839 bits per heavy atom. The third-order valence-corrected chi connectivity index (χ3v) is 13.2. The van der Waals surface area contributed by atoms with Crippen molar-refractivity contribution < 1.29 is 45.5 Å². The third kappa shape index (κ3) is 5.18. The van der Waals surface area contributed by atoms with Crippen LogP contribution < -0.4 is 4.90 Å². The number of hydrogen-bond donors (Lipinski definition) is 0. The normalized spacial score (nSPS) is 15.6. The topological polar surface area (TPSA) is 74.8 Å². The summed E-state index contributed by atoms with van der Waals surface area (Å²) in [7, 11) is 1.06. The number of alkyl halides is 6. The highest BCUT2D eigenvalue weighted by Gasteiger charge is 2.73. The summed E-state index contributed by atoms with van der Waals surface area (Å²) in [6.07, 6.45) is -12.2. The van der Waals surface area contributed by atoms with Crippen LogP contribution in [0.25, 0.3) is 11.1 Å². The molecule has 0 unspecified atom stereocenters. The van der Waals surface area contributed by atoms with Crippen molar-refractivity contribution in [3.05, 3.63) is 193 Å². The number of halogens is 6. The highest BCUT2D eigenvalue weighted by molar-refractivity contribution is 6.35. The molecule has 12 heteroatoms. The molecule has 0 N–H and O–H groups in total. The van der Waals surface area contributed by atoms with Gasteiger partial charge in [-0.3, -0.25) is 24.1 Å². The molecular weight excluding hydrogens is 807 g/mol. The number of carbonyl (C=O) groups is 4. The molecule has 4 amide bonds. The Bertz CT molecular complexity index is 2910. The van der Waals surface area contributed by atoms with E-state index in [0.29, 0.717) is 40.3 Å². The van der Waals surface area contributed by atoms with Crippen molar-refractivity contribution in [1.82, 2.24) is 4.90 Å². The average Bonchev–Trinajstić information content (AvgIpc) is 3.74. The second-order valence-electron chi connectivity index (χ2n) is 16.4. The highest BCUT2D eigenvalue weighted by atomic mass is 19.4. The number of amides is 4. The monoisotopic (exact) mass is 842 g/mol. The maximum absolute atomic E-state index is 15.3. The molecule has 3 aliphatic rings. The van der Waals surface area contributed by atoms with Crippen molar-refractivity contribution in [1.29, 1.82) is 0 Å². The zero-order valence-corrected chi connectivity index (χ0v) is 34.2. The lowest BCUT2D eigenvalue weighted by Gasteiger charge is -2.38. The molecule has 0 bridgehead atoms. The molecule has 1 aliphatic carbocycles. The van der Waals surface area contributed by atoms with Gasteiger partial charge in [-0.05, 0) is 131 Å². The summed E-state index contributed by atoms with van der Waals surface area (Å²) in [5.41, 5.74) is -0.0445. The first-order chi connectivity index (χ1) is 29.2. The van der Waals surface area contributed by atoms with E-state index in [-0.39, 0.29) is 16.8 Å². The van der Waals surface area contributed by atoms with Crippen LogP contribution in [0.4, 0.5) is 32.0 Å². The van der Waals surface area contributed by atoms with Crippen LogP contribution in [0.1, 0.15) is 103 Å². The van der Waals surface area contributed by atoms with E-state index < -0.39 is 69.1 Å². The average molecular weight is 843 g/mol. The summed E-state index contributed by atoms with van der Waals surface area (Å²) in [6, 6.07) is 27.8. The third-order valence-electron chi connectivity index (χ3n) is 13.2. The molecule has 0 spiro atoms. The fourth-order valence-electron chi connectivity index (χ4n) is 10.1. The predicted octanol–water partition coefficient (Wildman–Crippen LogP) is 11.0. The Morgan fingerprint density at radius 3 is 1.31 bits per heavy atom. The van der Waals surface area contributed by atoms with E-state index >= 15 is 26.3 Å². The van der Waals surface area contributed by atoms with E-state index in [9.17, 15) is 19.2 Å². The fraction of sp³-hybridized carbons (Fsp3) is 0.200. The number of anilines is 1. The van der Waals surface area contributed by atoms with Crippen molar-refractivity contribution in [3.8, 4) is 11.1 Å². The number of fused-ring (bicyclic) bond motifs is 5. The molecule has 0 fully saturated rings. The second kappa shape index (κ2) is 13.3. The van der Waals surface area contributed by atoms with Gasteiger partial charge in [0.25, 0.3) is 23.6 Å². The first-order valence-corrected chi connectivity index (χ1v) is 19.7. The Kier molecular flexibility index (Phi) is 8.73. The van der Waals surface area contributed by atoms with Crippen molar-refractivity contribution >= 4 is 29.3 Å². The fourth-order valence-corrected chi connectivity index (χ4v) is 10.1. The van der Waals surface area contributed by atoms with Gasteiger partial charge in [-0.2, -0.15) is 26.3 Å². The van der Waals surface area contributed by atoms with E-state index in [4.69, 9.17) is 0 Å². The minimum atomic E-state index is -6.08. The Balaban J connectivity index is 1.20. The second-order valence-corrected chi connectivity index (χ2v) is 16.4. The van der Waals surface area contributed by atoms with E-state index in [2.05, 4.69) is 57.2 Å². The van der Waals surface area contributed by atoms with Gasteiger partial charge in [0.15, 0.2) is 0 Å². The molecule has 312 valence electrons.